The van der Waals surface area contributed by atoms with Crippen molar-refractivity contribution in [1.82, 2.24) is 19.0 Å². The Morgan fingerprint density at radius 3 is 2.45 bits per heavy atom. The van der Waals surface area contributed by atoms with E-state index in [1.165, 1.54) is 0 Å². The predicted octanol–water partition coefficient (Wildman–Crippen LogP) is 3.39. The van der Waals surface area contributed by atoms with Crippen molar-refractivity contribution < 1.29 is 9.90 Å². The molecule has 4 heterocycles. The van der Waals surface area contributed by atoms with Crippen molar-refractivity contribution in [3.63, 3.8) is 0 Å². The number of hydrogen-bond acceptors (Lipinski definition) is 4. The van der Waals surface area contributed by atoms with Crippen LogP contribution in [0.5, 0.6) is 0 Å². The first-order valence-corrected chi connectivity index (χ1v) is 11.0. The number of aromatic nitrogens is 3. The number of amides is 1. The molecule has 2 aliphatic rings. The molecule has 1 amide bonds. The van der Waals surface area contributed by atoms with E-state index in [-0.39, 0.29) is 28.0 Å². The van der Waals surface area contributed by atoms with E-state index < -0.39 is 6.09 Å². The van der Waals surface area contributed by atoms with Gasteiger partial charge >= 0.3 is 11.8 Å². The Morgan fingerprint density at radius 1 is 1.19 bits per heavy atom. The molecule has 0 saturated carbocycles. The van der Waals surface area contributed by atoms with Gasteiger partial charge in [0.05, 0.1) is 11.6 Å². The molecule has 4 rings (SSSR count). The SMILES string of the molecule is Cn1c(=O)n(CC(C)(C)C)c2ccc(N3CC4CC(C(C)(C)C)(C3)CN4C(=O)O)nc21. The van der Waals surface area contributed by atoms with Gasteiger partial charge in [0.25, 0.3) is 0 Å². The summed E-state index contributed by atoms with van der Waals surface area (Å²) in [6.07, 6.45) is 0.0326. The monoisotopic (exact) mass is 429 g/mol. The number of nitrogens with zero attached hydrogens (tertiary/aromatic N) is 5. The molecule has 0 aliphatic carbocycles. The topological polar surface area (TPSA) is 83.6 Å². The minimum Gasteiger partial charge on any atom is -0.465 e. The van der Waals surface area contributed by atoms with Crippen molar-refractivity contribution in [2.75, 3.05) is 24.5 Å². The van der Waals surface area contributed by atoms with Crippen LogP contribution in [0.2, 0.25) is 0 Å². The van der Waals surface area contributed by atoms with Crippen molar-refractivity contribution in [3.8, 4) is 0 Å². The molecule has 1 N–H and O–H groups in total. The van der Waals surface area contributed by atoms with Crippen LogP contribution in [0.3, 0.4) is 0 Å². The van der Waals surface area contributed by atoms with Gasteiger partial charge in [-0.3, -0.25) is 9.13 Å². The van der Waals surface area contributed by atoms with Gasteiger partial charge in [0.1, 0.15) is 5.82 Å². The lowest BCUT2D eigenvalue weighted by atomic mass is 9.64. The number of piperidine rings is 1. The van der Waals surface area contributed by atoms with E-state index in [2.05, 4.69) is 46.4 Å². The number of carbonyl (C=O) groups is 1. The quantitative estimate of drug-likeness (QED) is 0.791. The van der Waals surface area contributed by atoms with Gasteiger partial charge in [-0.1, -0.05) is 41.5 Å². The second-order valence-electron chi connectivity index (χ2n) is 11.7. The van der Waals surface area contributed by atoms with E-state index in [0.29, 0.717) is 25.3 Å². The van der Waals surface area contributed by atoms with Crippen LogP contribution in [-0.2, 0) is 13.6 Å². The molecular weight excluding hydrogens is 394 g/mol. The van der Waals surface area contributed by atoms with Crippen LogP contribution >= 0.6 is 0 Å². The maximum Gasteiger partial charge on any atom is 0.407 e. The number of fused-ring (bicyclic) bond motifs is 3. The highest BCUT2D eigenvalue weighted by Crippen LogP contribution is 2.51. The Kier molecular flexibility index (Phi) is 4.72. The number of carboxylic acid groups (broad SMARTS) is 1. The summed E-state index contributed by atoms with van der Waals surface area (Å²) in [5.74, 6) is 0.807. The first-order chi connectivity index (χ1) is 14.2. The number of imidazole rings is 1. The Hall–Kier alpha value is -2.51. The number of pyridine rings is 1. The molecule has 0 aromatic carbocycles. The number of hydrogen-bond donors (Lipinski definition) is 1. The number of likely N-dealkylation sites (tertiary alicyclic amines) is 1. The van der Waals surface area contributed by atoms with Crippen LogP contribution in [0, 0.1) is 16.2 Å². The van der Waals surface area contributed by atoms with Crippen LogP contribution < -0.4 is 10.6 Å². The predicted molar refractivity (Wildman–Crippen MR) is 122 cm³/mol. The van der Waals surface area contributed by atoms with Gasteiger partial charge in [-0.15, -0.1) is 0 Å². The molecule has 0 radical (unpaired) electrons. The standard InChI is InChI=1S/C23H35N5O3/c1-21(2,3)12-28-16-8-9-17(24-18(16)25(7)19(28)29)26-11-15-10-23(13-26,22(4,5)6)14-27(15)20(30)31/h8-9,15H,10-14H2,1-7H3,(H,30,31). The summed E-state index contributed by atoms with van der Waals surface area (Å²) < 4.78 is 3.42. The van der Waals surface area contributed by atoms with Crippen LogP contribution in [-0.4, -0.2) is 55.9 Å². The molecule has 8 heteroatoms. The molecule has 31 heavy (non-hydrogen) atoms. The van der Waals surface area contributed by atoms with Crippen molar-refractivity contribution in [2.45, 2.75) is 60.5 Å². The Balaban J connectivity index is 1.75. The van der Waals surface area contributed by atoms with Crippen molar-refractivity contribution >= 4 is 23.1 Å². The van der Waals surface area contributed by atoms with Crippen LogP contribution in [0.15, 0.2) is 16.9 Å². The summed E-state index contributed by atoms with van der Waals surface area (Å²) in [6.45, 7) is 15.5. The van der Waals surface area contributed by atoms with E-state index in [1.807, 2.05) is 12.1 Å². The van der Waals surface area contributed by atoms with Crippen molar-refractivity contribution in [2.24, 2.45) is 23.3 Å². The minimum absolute atomic E-state index is 0.0256. The summed E-state index contributed by atoms with van der Waals surface area (Å²) in [5, 5.41) is 9.75. The fourth-order valence-corrected chi connectivity index (χ4v) is 5.29. The highest BCUT2D eigenvalue weighted by atomic mass is 16.4. The first-order valence-electron chi connectivity index (χ1n) is 11.0. The second kappa shape index (κ2) is 6.74. The normalized spacial score (nSPS) is 24.3. The van der Waals surface area contributed by atoms with E-state index >= 15 is 0 Å². The zero-order valence-electron chi connectivity index (χ0n) is 19.8. The summed E-state index contributed by atoms with van der Waals surface area (Å²) in [5.41, 5.74) is 1.25. The number of aryl methyl sites for hydroxylation is 1. The maximum absolute atomic E-state index is 12.9. The smallest absolute Gasteiger partial charge is 0.407 e. The highest BCUT2D eigenvalue weighted by Gasteiger charge is 2.56. The maximum atomic E-state index is 12.9. The summed E-state index contributed by atoms with van der Waals surface area (Å²) in [4.78, 5) is 33.5. The summed E-state index contributed by atoms with van der Waals surface area (Å²) in [7, 11) is 1.77. The fraction of sp³-hybridized carbons (Fsp3) is 0.696. The fourth-order valence-electron chi connectivity index (χ4n) is 5.29. The highest BCUT2D eigenvalue weighted by molar-refractivity contribution is 5.74. The first kappa shape index (κ1) is 21.7. The third-order valence-electron chi connectivity index (χ3n) is 7.22. The third-order valence-corrected chi connectivity index (χ3v) is 7.22. The third kappa shape index (κ3) is 3.49. The van der Waals surface area contributed by atoms with Crippen molar-refractivity contribution in [3.05, 3.63) is 22.6 Å². The van der Waals surface area contributed by atoms with Gasteiger partial charge in [-0.05, 0) is 29.4 Å². The van der Waals surface area contributed by atoms with E-state index in [0.717, 1.165) is 24.3 Å². The Bertz CT molecular complexity index is 1090. The van der Waals surface area contributed by atoms with Crippen LogP contribution in [0.1, 0.15) is 48.0 Å². The molecule has 0 spiro atoms. The molecule has 2 unspecified atom stereocenters. The molecule has 2 atom stereocenters. The molecule has 2 saturated heterocycles. The molecule has 2 bridgehead atoms. The Morgan fingerprint density at radius 2 is 1.87 bits per heavy atom. The largest absolute Gasteiger partial charge is 0.465 e. The Labute approximate surface area is 183 Å². The van der Waals surface area contributed by atoms with E-state index in [1.54, 1.807) is 21.1 Å². The van der Waals surface area contributed by atoms with E-state index in [9.17, 15) is 14.7 Å². The van der Waals surface area contributed by atoms with Crippen molar-refractivity contribution in [1.29, 1.82) is 0 Å². The van der Waals surface area contributed by atoms with E-state index in [4.69, 9.17) is 4.98 Å². The van der Waals surface area contributed by atoms with Crippen LogP contribution in [0.25, 0.3) is 11.2 Å². The van der Waals surface area contributed by atoms with Gasteiger partial charge in [0, 0.05) is 38.6 Å². The average Bonchev–Trinajstić information content (AvgIpc) is 3.06. The average molecular weight is 430 g/mol. The molecule has 2 fully saturated rings. The lowest BCUT2D eigenvalue weighted by Crippen LogP contribution is -2.51. The zero-order valence-corrected chi connectivity index (χ0v) is 19.8. The molecule has 170 valence electrons. The summed E-state index contributed by atoms with van der Waals surface area (Å²) in [6, 6.07) is 3.92. The molecular formula is C23H35N5O3. The molecule has 2 aromatic rings. The van der Waals surface area contributed by atoms with Gasteiger partial charge in [0.2, 0.25) is 0 Å². The molecule has 8 nitrogen and oxygen atoms in total. The minimum atomic E-state index is -0.844. The number of anilines is 1. The van der Waals surface area contributed by atoms with Gasteiger partial charge < -0.3 is 14.9 Å². The zero-order chi connectivity index (χ0) is 22.9. The van der Waals surface area contributed by atoms with Gasteiger partial charge in [-0.25, -0.2) is 14.6 Å². The molecule has 2 aromatic heterocycles. The number of rotatable bonds is 2. The van der Waals surface area contributed by atoms with Gasteiger partial charge in [0.15, 0.2) is 5.65 Å². The lowest BCUT2D eigenvalue weighted by molar-refractivity contribution is 0.0951. The van der Waals surface area contributed by atoms with Crippen LogP contribution in [0.4, 0.5) is 10.6 Å². The summed E-state index contributed by atoms with van der Waals surface area (Å²) >= 11 is 0. The van der Waals surface area contributed by atoms with Gasteiger partial charge in [-0.2, -0.15) is 0 Å². The lowest BCUT2D eigenvalue weighted by Gasteiger charge is -2.47. The second-order valence-corrected chi connectivity index (χ2v) is 11.7. The molecule has 2 aliphatic heterocycles.